The molecular weight excluding hydrogens is 270 g/mol. The van der Waals surface area contributed by atoms with Crippen LogP contribution >= 0.6 is 11.8 Å². The Hall–Kier alpha value is -1.49. The molecule has 0 aliphatic carbocycles. The third-order valence-corrected chi connectivity index (χ3v) is 4.51. The summed E-state index contributed by atoms with van der Waals surface area (Å²) in [4.78, 5) is 14.4. The Bertz CT molecular complexity index is 581. The van der Waals surface area contributed by atoms with Gasteiger partial charge in [-0.1, -0.05) is 19.1 Å². The SMILES string of the molecule is CCSCC[C@@H](C)N(C)C(=O)c1cccc2cn[nH]c12. The van der Waals surface area contributed by atoms with Crippen molar-refractivity contribution in [3.63, 3.8) is 0 Å². The molecule has 0 spiro atoms. The van der Waals surface area contributed by atoms with Crippen molar-refractivity contribution in [2.45, 2.75) is 26.3 Å². The van der Waals surface area contributed by atoms with Crippen LogP contribution in [0.4, 0.5) is 0 Å². The van der Waals surface area contributed by atoms with Crippen molar-refractivity contribution >= 4 is 28.6 Å². The predicted octanol–water partition coefficient (Wildman–Crippen LogP) is 3.17. The summed E-state index contributed by atoms with van der Waals surface area (Å²) in [5.74, 6) is 2.26. The van der Waals surface area contributed by atoms with E-state index in [-0.39, 0.29) is 11.9 Å². The lowest BCUT2D eigenvalue weighted by molar-refractivity contribution is 0.0743. The fourth-order valence-electron chi connectivity index (χ4n) is 2.13. The minimum Gasteiger partial charge on any atom is -0.339 e. The molecule has 1 aromatic carbocycles. The second-order valence-electron chi connectivity index (χ2n) is 4.89. The molecule has 0 bridgehead atoms. The zero-order valence-corrected chi connectivity index (χ0v) is 13.0. The Morgan fingerprint density at radius 3 is 3.05 bits per heavy atom. The van der Waals surface area contributed by atoms with E-state index < -0.39 is 0 Å². The molecule has 5 heteroatoms. The van der Waals surface area contributed by atoms with Gasteiger partial charge in [0.05, 0.1) is 17.3 Å². The number of H-pyrrole nitrogens is 1. The maximum absolute atomic E-state index is 12.6. The number of fused-ring (bicyclic) bond motifs is 1. The molecule has 2 rings (SSSR count). The molecule has 2 aromatic rings. The maximum atomic E-state index is 12.6. The third-order valence-electron chi connectivity index (χ3n) is 3.57. The number of aromatic amines is 1. The van der Waals surface area contributed by atoms with Crippen LogP contribution in [-0.4, -0.2) is 45.6 Å². The number of para-hydroxylation sites is 1. The van der Waals surface area contributed by atoms with Gasteiger partial charge < -0.3 is 4.90 Å². The number of nitrogens with one attached hydrogen (secondary N) is 1. The monoisotopic (exact) mass is 291 g/mol. The number of nitrogens with zero attached hydrogens (tertiary/aromatic N) is 2. The summed E-state index contributed by atoms with van der Waals surface area (Å²) in [5.41, 5.74) is 1.51. The van der Waals surface area contributed by atoms with Crippen LogP contribution in [0.3, 0.4) is 0 Å². The number of amides is 1. The third kappa shape index (κ3) is 3.15. The number of hydrogen-bond donors (Lipinski definition) is 1. The molecule has 0 saturated heterocycles. The highest BCUT2D eigenvalue weighted by atomic mass is 32.2. The molecular formula is C15H21N3OS. The molecule has 1 N–H and O–H groups in total. The van der Waals surface area contributed by atoms with Crippen LogP contribution in [-0.2, 0) is 0 Å². The normalized spacial score (nSPS) is 12.6. The van der Waals surface area contributed by atoms with Crippen molar-refractivity contribution in [1.29, 1.82) is 0 Å². The van der Waals surface area contributed by atoms with Gasteiger partial charge in [-0.25, -0.2) is 0 Å². The summed E-state index contributed by atoms with van der Waals surface area (Å²) in [6.07, 6.45) is 2.76. The van der Waals surface area contributed by atoms with Gasteiger partial charge >= 0.3 is 0 Å². The van der Waals surface area contributed by atoms with Crippen molar-refractivity contribution in [2.75, 3.05) is 18.6 Å². The van der Waals surface area contributed by atoms with Crippen LogP contribution in [0.1, 0.15) is 30.6 Å². The summed E-state index contributed by atoms with van der Waals surface area (Å²) in [5, 5.41) is 7.89. The molecule has 1 amide bonds. The zero-order chi connectivity index (χ0) is 14.5. The fourth-order valence-corrected chi connectivity index (χ4v) is 2.93. The van der Waals surface area contributed by atoms with Crippen molar-refractivity contribution in [3.05, 3.63) is 30.0 Å². The molecule has 1 heterocycles. The van der Waals surface area contributed by atoms with E-state index in [1.807, 2.05) is 41.9 Å². The topological polar surface area (TPSA) is 49.0 Å². The van der Waals surface area contributed by atoms with E-state index in [0.29, 0.717) is 5.56 Å². The average Bonchev–Trinajstić information content (AvgIpc) is 2.94. The highest BCUT2D eigenvalue weighted by Gasteiger charge is 2.19. The summed E-state index contributed by atoms with van der Waals surface area (Å²) < 4.78 is 0. The van der Waals surface area contributed by atoms with Crippen LogP contribution < -0.4 is 0 Å². The van der Waals surface area contributed by atoms with Crippen LogP contribution in [0.25, 0.3) is 10.9 Å². The summed E-state index contributed by atoms with van der Waals surface area (Å²) in [6, 6.07) is 5.94. The van der Waals surface area contributed by atoms with Crippen molar-refractivity contribution in [1.82, 2.24) is 15.1 Å². The van der Waals surface area contributed by atoms with E-state index in [2.05, 4.69) is 24.0 Å². The molecule has 1 atom stereocenters. The van der Waals surface area contributed by atoms with Gasteiger partial charge in [0, 0.05) is 18.5 Å². The van der Waals surface area contributed by atoms with Crippen LogP contribution in [0.15, 0.2) is 24.4 Å². The fraction of sp³-hybridized carbons (Fsp3) is 0.467. The molecule has 0 aliphatic heterocycles. The molecule has 0 aliphatic rings. The minimum atomic E-state index is 0.0499. The Labute approximate surface area is 123 Å². The first-order chi connectivity index (χ1) is 9.65. The molecule has 0 unspecified atom stereocenters. The van der Waals surface area contributed by atoms with E-state index in [0.717, 1.165) is 28.8 Å². The van der Waals surface area contributed by atoms with Crippen molar-refractivity contribution in [2.24, 2.45) is 0 Å². The van der Waals surface area contributed by atoms with Gasteiger partial charge in [-0.15, -0.1) is 0 Å². The second kappa shape index (κ2) is 6.79. The quantitative estimate of drug-likeness (QED) is 0.832. The van der Waals surface area contributed by atoms with Crippen molar-refractivity contribution < 1.29 is 4.79 Å². The smallest absolute Gasteiger partial charge is 0.256 e. The first-order valence-corrected chi connectivity index (χ1v) is 8.07. The lowest BCUT2D eigenvalue weighted by Gasteiger charge is -2.25. The largest absolute Gasteiger partial charge is 0.339 e. The number of carbonyl (C=O) groups excluding carboxylic acids is 1. The summed E-state index contributed by atoms with van der Waals surface area (Å²) in [6.45, 7) is 4.25. The van der Waals surface area contributed by atoms with E-state index in [1.165, 1.54) is 0 Å². The van der Waals surface area contributed by atoms with Gasteiger partial charge in [-0.05, 0) is 30.9 Å². The van der Waals surface area contributed by atoms with E-state index in [4.69, 9.17) is 0 Å². The van der Waals surface area contributed by atoms with Crippen molar-refractivity contribution in [3.8, 4) is 0 Å². The molecule has 0 fully saturated rings. The molecule has 0 radical (unpaired) electrons. The zero-order valence-electron chi connectivity index (χ0n) is 12.2. The summed E-state index contributed by atoms with van der Waals surface area (Å²) >= 11 is 1.91. The van der Waals surface area contributed by atoms with E-state index in [9.17, 15) is 4.79 Å². The van der Waals surface area contributed by atoms with Gasteiger partial charge in [0.2, 0.25) is 0 Å². The first-order valence-electron chi connectivity index (χ1n) is 6.92. The number of aromatic nitrogens is 2. The highest BCUT2D eigenvalue weighted by Crippen LogP contribution is 2.19. The standard InChI is InChI=1S/C15H21N3OS/c1-4-20-9-8-11(2)18(3)15(19)13-7-5-6-12-10-16-17-14(12)13/h5-7,10-11H,4,8-9H2,1-3H3,(H,16,17)/t11-/m1/s1. The molecule has 4 nitrogen and oxygen atoms in total. The summed E-state index contributed by atoms with van der Waals surface area (Å²) in [7, 11) is 1.87. The number of hydrogen-bond acceptors (Lipinski definition) is 3. The van der Waals surface area contributed by atoms with Gasteiger partial charge in [0.15, 0.2) is 0 Å². The minimum absolute atomic E-state index is 0.0499. The number of carbonyl (C=O) groups is 1. The molecule has 108 valence electrons. The lowest BCUT2D eigenvalue weighted by atomic mass is 10.1. The first kappa shape index (κ1) is 14.9. The Balaban J connectivity index is 2.12. The van der Waals surface area contributed by atoms with Crippen LogP contribution in [0, 0.1) is 0 Å². The Morgan fingerprint density at radius 2 is 2.30 bits per heavy atom. The van der Waals surface area contributed by atoms with Gasteiger partial charge in [-0.2, -0.15) is 16.9 Å². The van der Waals surface area contributed by atoms with E-state index in [1.54, 1.807) is 6.20 Å². The van der Waals surface area contributed by atoms with Crippen LogP contribution in [0.2, 0.25) is 0 Å². The Morgan fingerprint density at radius 1 is 1.50 bits per heavy atom. The number of thioether (sulfide) groups is 1. The number of benzene rings is 1. The maximum Gasteiger partial charge on any atom is 0.256 e. The molecule has 0 saturated carbocycles. The second-order valence-corrected chi connectivity index (χ2v) is 6.28. The van der Waals surface area contributed by atoms with Gasteiger partial charge in [0.1, 0.15) is 0 Å². The molecule has 20 heavy (non-hydrogen) atoms. The average molecular weight is 291 g/mol. The Kier molecular flexibility index (Phi) is 5.06. The predicted molar refractivity (Wildman–Crippen MR) is 85.3 cm³/mol. The van der Waals surface area contributed by atoms with Crippen LogP contribution in [0.5, 0.6) is 0 Å². The number of rotatable bonds is 6. The lowest BCUT2D eigenvalue weighted by Crippen LogP contribution is -2.35. The van der Waals surface area contributed by atoms with E-state index >= 15 is 0 Å². The van der Waals surface area contributed by atoms with Gasteiger partial charge in [-0.3, -0.25) is 9.89 Å². The highest BCUT2D eigenvalue weighted by molar-refractivity contribution is 7.99. The molecule has 1 aromatic heterocycles. The van der Waals surface area contributed by atoms with Gasteiger partial charge in [0.25, 0.3) is 5.91 Å².